The quantitative estimate of drug-likeness (QED) is 0.0282. The number of hydrogen-bond acceptors (Lipinski definition) is 6. The van der Waals surface area contributed by atoms with E-state index in [0.29, 0.717) is 11.6 Å². The normalized spacial score (nSPS) is 15.2. The number of nitrogens with one attached hydrogen (secondary N) is 1. The highest BCUT2D eigenvalue weighted by Gasteiger charge is 2.95. The first-order valence-electron chi connectivity index (χ1n) is 20.3. The van der Waals surface area contributed by atoms with Gasteiger partial charge in [0.25, 0.3) is 0 Å². The van der Waals surface area contributed by atoms with Gasteiger partial charge in [0.05, 0.1) is 18.9 Å². The Morgan fingerprint density at radius 1 is 0.696 bits per heavy atom. The van der Waals surface area contributed by atoms with Gasteiger partial charge in [-0.05, 0) is 66.4 Å². The summed E-state index contributed by atoms with van der Waals surface area (Å²) in [7, 11) is -4.06. The van der Waals surface area contributed by atoms with Crippen molar-refractivity contribution in [2.24, 2.45) is 5.92 Å². The smallest absolute Gasteiger partial charge is 0.460 e. The van der Waals surface area contributed by atoms with Crippen molar-refractivity contribution in [3.63, 3.8) is 0 Å². The molecule has 0 aliphatic rings. The Morgan fingerprint density at radius 3 is 1.68 bits per heavy atom. The van der Waals surface area contributed by atoms with Gasteiger partial charge in [0.2, 0.25) is 0 Å². The molecule has 1 amide bonds. The van der Waals surface area contributed by atoms with E-state index in [-0.39, 0.29) is 17.9 Å². The molecule has 0 aliphatic carbocycles. The molecular weight excluding hydrogens is 1000 g/mol. The van der Waals surface area contributed by atoms with E-state index in [2.05, 4.69) is 5.32 Å². The van der Waals surface area contributed by atoms with E-state index in [9.17, 15) is 84.2 Å². The molecule has 2 rings (SSSR count). The number of carbonyl (C=O) groups excluding carboxylic acids is 2. The monoisotopic (exact) mass is 1050 g/mol. The number of ether oxygens (including phenoxy) is 3. The molecule has 0 heterocycles. The van der Waals surface area contributed by atoms with Crippen LogP contribution in [-0.4, -0.2) is 87.8 Å². The van der Waals surface area contributed by atoms with Crippen LogP contribution in [0.2, 0.25) is 17.1 Å². The maximum absolute atomic E-state index is 15.0. The Bertz CT molecular complexity index is 2100. The van der Waals surface area contributed by atoms with Gasteiger partial charge in [0.1, 0.15) is 30.1 Å². The number of hydrogen-bond donors (Lipinski definition) is 1. The lowest BCUT2D eigenvalue weighted by atomic mass is 9.88. The molecular formula is C42H46F19NO6Si. The third kappa shape index (κ3) is 12.8. The largest absolute Gasteiger partial charge is 0.491 e. The van der Waals surface area contributed by atoms with E-state index < -0.39 is 134 Å². The van der Waals surface area contributed by atoms with Crippen LogP contribution in [-0.2, 0) is 18.7 Å². The number of alkyl halides is 17. The van der Waals surface area contributed by atoms with Crippen LogP contribution in [0.1, 0.15) is 66.6 Å². The van der Waals surface area contributed by atoms with Crippen molar-refractivity contribution in [2.75, 3.05) is 25.1 Å². The molecule has 0 saturated carbocycles. The van der Waals surface area contributed by atoms with Crippen molar-refractivity contribution in [2.45, 2.75) is 126 Å². The van der Waals surface area contributed by atoms with Crippen LogP contribution in [0.25, 0.3) is 0 Å². The van der Waals surface area contributed by atoms with E-state index >= 15 is 8.78 Å². The standard InChI is InChI=1S/C42H46F19NO6Si/c1-8-65-32(63)21-25(6)9-10-26(7)33(68-34(64)62-31-16-13-28(43)22-30(31)44)27-11-14-29(15-12-27)66-18-19-67-69(23(2)3,24(4)5)20-17-35(45,46)36(47,48)37(49,50)38(51,52)39(53,54)40(55,56)41(57,58)42(59,60)61/h9-16,21-24,26,33H,8,17-20H2,1-7H3,(H,62,64)/b10-9+,25-21+/t26-,33+/m1/s1. The predicted molar refractivity (Wildman–Crippen MR) is 212 cm³/mol. The van der Waals surface area contributed by atoms with Crippen molar-refractivity contribution < 1.29 is 112 Å². The summed E-state index contributed by atoms with van der Waals surface area (Å²) in [6, 6.07) is 6.36. The van der Waals surface area contributed by atoms with Crippen molar-refractivity contribution in [3.8, 4) is 5.75 Å². The van der Waals surface area contributed by atoms with E-state index in [4.69, 9.17) is 18.6 Å². The molecule has 1 N–H and O–H groups in total. The molecule has 27 heteroatoms. The van der Waals surface area contributed by atoms with Crippen LogP contribution >= 0.6 is 0 Å². The molecule has 69 heavy (non-hydrogen) atoms. The Balaban J connectivity index is 2.34. The summed E-state index contributed by atoms with van der Waals surface area (Å²) in [4.78, 5) is 24.7. The summed E-state index contributed by atoms with van der Waals surface area (Å²) in [6.45, 7) is 8.95. The number of benzene rings is 2. The van der Waals surface area contributed by atoms with Gasteiger partial charge in [0.15, 0.2) is 8.32 Å². The highest BCUT2D eigenvalue weighted by atomic mass is 28.4. The van der Waals surface area contributed by atoms with Crippen molar-refractivity contribution in [1.29, 1.82) is 0 Å². The minimum absolute atomic E-state index is 0.0430. The van der Waals surface area contributed by atoms with Gasteiger partial charge in [-0.15, -0.1) is 0 Å². The van der Waals surface area contributed by atoms with Gasteiger partial charge in [-0.1, -0.05) is 58.9 Å². The minimum Gasteiger partial charge on any atom is -0.491 e. The Morgan fingerprint density at radius 2 is 1.20 bits per heavy atom. The number of amides is 1. The number of carbonyl (C=O) groups is 2. The third-order valence-electron chi connectivity index (χ3n) is 10.7. The van der Waals surface area contributed by atoms with E-state index in [1.54, 1.807) is 26.8 Å². The molecule has 0 fully saturated rings. The van der Waals surface area contributed by atoms with E-state index in [1.165, 1.54) is 64.1 Å². The average molecular weight is 1050 g/mol. The van der Waals surface area contributed by atoms with Gasteiger partial charge < -0.3 is 18.6 Å². The second-order valence-corrected chi connectivity index (χ2v) is 21.1. The molecule has 0 aliphatic heterocycles. The Hall–Kier alpha value is -4.69. The molecule has 0 spiro atoms. The zero-order chi connectivity index (χ0) is 53.6. The maximum Gasteiger partial charge on any atom is 0.460 e. The zero-order valence-corrected chi connectivity index (χ0v) is 38.2. The highest BCUT2D eigenvalue weighted by molar-refractivity contribution is 6.76. The predicted octanol–water partition coefficient (Wildman–Crippen LogP) is 14.5. The van der Waals surface area contributed by atoms with Gasteiger partial charge in [0, 0.05) is 24.5 Å². The number of anilines is 1. The first-order chi connectivity index (χ1) is 31.2. The average Bonchev–Trinajstić information content (AvgIpc) is 3.22. The second kappa shape index (κ2) is 22.2. The van der Waals surface area contributed by atoms with E-state index in [0.717, 1.165) is 12.1 Å². The van der Waals surface area contributed by atoms with Crippen LogP contribution in [0.4, 0.5) is 93.9 Å². The first kappa shape index (κ1) is 60.4. The Labute approximate surface area is 383 Å². The van der Waals surface area contributed by atoms with E-state index in [1.807, 2.05) is 0 Å². The lowest BCUT2D eigenvalue weighted by Crippen LogP contribution is -2.74. The van der Waals surface area contributed by atoms with Crippen LogP contribution in [0.5, 0.6) is 5.75 Å². The van der Waals surface area contributed by atoms with Crippen LogP contribution in [0.15, 0.2) is 66.3 Å². The Kier molecular flexibility index (Phi) is 19.4. The zero-order valence-electron chi connectivity index (χ0n) is 37.2. The van der Waals surface area contributed by atoms with Crippen molar-refractivity contribution in [3.05, 3.63) is 83.5 Å². The molecule has 0 unspecified atom stereocenters. The van der Waals surface area contributed by atoms with Crippen molar-refractivity contribution >= 4 is 26.1 Å². The van der Waals surface area contributed by atoms with Gasteiger partial charge in [-0.3, -0.25) is 5.32 Å². The van der Waals surface area contributed by atoms with Gasteiger partial charge in [-0.2, -0.15) is 74.6 Å². The van der Waals surface area contributed by atoms with Gasteiger partial charge in [-0.25, -0.2) is 18.4 Å². The fourth-order valence-corrected chi connectivity index (χ4v) is 11.1. The number of halogens is 19. The SMILES string of the molecule is CCOC(=O)/C=C(C)/C=C/[C@@H](C)[C@H](OC(=O)Nc1ccc(F)cc1F)c1ccc(OCCO[Si](CCC(F)(F)C(F)(F)C(F)(F)C(F)(F)C(F)(F)C(F)(F)C(F)(F)C(F)(F)F)(C(C)C)C(C)C)cc1. The molecule has 0 aromatic heterocycles. The van der Waals surface area contributed by atoms with Crippen LogP contribution in [0, 0.1) is 17.6 Å². The number of rotatable bonds is 24. The number of esters is 1. The minimum atomic E-state index is -8.72. The molecule has 2 atom stereocenters. The molecule has 2 aromatic rings. The van der Waals surface area contributed by atoms with Gasteiger partial charge >= 0.3 is 59.7 Å². The van der Waals surface area contributed by atoms with Crippen LogP contribution < -0.4 is 10.1 Å². The molecule has 0 saturated heterocycles. The topological polar surface area (TPSA) is 83.1 Å². The second-order valence-electron chi connectivity index (χ2n) is 16.1. The first-order valence-corrected chi connectivity index (χ1v) is 22.5. The van der Waals surface area contributed by atoms with Crippen molar-refractivity contribution in [1.82, 2.24) is 0 Å². The molecule has 0 radical (unpaired) electrons. The summed E-state index contributed by atoms with van der Waals surface area (Å²) in [5, 5.41) is 2.14. The summed E-state index contributed by atoms with van der Waals surface area (Å²) < 4.78 is 286. The fourth-order valence-electron chi connectivity index (χ4n) is 6.65. The molecule has 2 aromatic carbocycles. The molecule has 0 bridgehead atoms. The summed E-state index contributed by atoms with van der Waals surface area (Å²) in [6.07, 6.45) is -8.56. The lowest BCUT2D eigenvalue weighted by molar-refractivity contribution is -0.461. The fraction of sp³-hybridized carbons (Fsp3) is 0.571. The summed E-state index contributed by atoms with van der Waals surface area (Å²) in [5.74, 6) is -60.4. The molecule has 7 nitrogen and oxygen atoms in total. The summed E-state index contributed by atoms with van der Waals surface area (Å²) in [5.41, 5.74) is -1.58. The molecule has 392 valence electrons. The summed E-state index contributed by atoms with van der Waals surface area (Å²) >= 11 is 0. The highest BCUT2D eigenvalue weighted by Crippen LogP contribution is 2.64. The third-order valence-corrected chi connectivity index (χ3v) is 16.4. The maximum atomic E-state index is 15.0. The van der Waals surface area contributed by atoms with Crippen LogP contribution in [0.3, 0.4) is 0 Å². The number of allylic oxidation sites excluding steroid dienone is 2. The lowest BCUT2D eigenvalue weighted by Gasteiger charge is -2.44.